The van der Waals surface area contributed by atoms with Crippen LogP contribution in [0.4, 0.5) is 0 Å². The van der Waals surface area contributed by atoms with Gasteiger partial charge in [-0.1, -0.05) is 6.07 Å². The molecule has 1 heterocycles. The fourth-order valence-corrected chi connectivity index (χ4v) is 1.73. The summed E-state index contributed by atoms with van der Waals surface area (Å²) in [7, 11) is 0. The van der Waals surface area contributed by atoms with Gasteiger partial charge in [0.2, 0.25) is 5.91 Å². The molecule has 4 nitrogen and oxygen atoms in total. The van der Waals surface area contributed by atoms with Gasteiger partial charge >= 0.3 is 0 Å². The van der Waals surface area contributed by atoms with Crippen molar-refractivity contribution in [3.05, 3.63) is 29.6 Å². The Morgan fingerprint density at radius 2 is 2.29 bits per heavy atom. The predicted octanol–water partition coefficient (Wildman–Crippen LogP) is 0.412. The number of nitrogens with zero attached hydrogens (tertiary/aromatic N) is 1. The van der Waals surface area contributed by atoms with Crippen LogP contribution in [0.15, 0.2) is 18.5 Å². The summed E-state index contributed by atoms with van der Waals surface area (Å²) in [5, 5.41) is 0. The molecule has 1 aliphatic rings. The van der Waals surface area contributed by atoms with E-state index in [1.165, 1.54) is 0 Å². The summed E-state index contributed by atoms with van der Waals surface area (Å²) in [6.07, 6.45) is 5.25. The molecule has 1 aromatic rings. The molecule has 1 aliphatic carbocycles. The number of rotatable bonds is 2. The lowest BCUT2D eigenvalue weighted by Gasteiger charge is -2.13. The van der Waals surface area contributed by atoms with Crippen LogP contribution in [0.25, 0.3) is 0 Å². The molecule has 0 saturated heterocycles. The molecule has 1 aromatic heterocycles. The molecule has 1 saturated carbocycles. The van der Waals surface area contributed by atoms with E-state index in [2.05, 4.69) is 10.4 Å². The Kier molecular flexibility index (Phi) is 2.00. The number of aromatic nitrogens is 1. The molecular formula is C10H13N3O. The van der Waals surface area contributed by atoms with E-state index in [-0.39, 0.29) is 5.91 Å². The van der Waals surface area contributed by atoms with Crippen molar-refractivity contribution in [1.29, 1.82) is 0 Å². The highest BCUT2D eigenvalue weighted by atomic mass is 16.2. The molecule has 0 aromatic carbocycles. The second-order valence-corrected chi connectivity index (χ2v) is 3.81. The Labute approximate surface area is 82.5 Å². The lowest BCUT2D eigenvalue weighted by molar-refractivity contribution is -0.123. The highest BCUT2D eigenvalue weighted by Gasteiger charge is 2.51. The van der Waals surface area contributed by atoms with Gasteiger partial charge in [0.1, 0.15) is 0 Å². The first-order valence-electron chi connectivity index (χ1n) is 4.62. The average Bonchev–Trinajstić information content (AvgIpc) is 2.97. The van der Waals surface area contributed by atoms with Gasteiger partial charge in [-0.15, -0.1) is 0 Å². The predicted molar refractivity (Wildman–Crippen MR) is 52.2 cm³/mol. The molecule has 4 heteroatoms. The smallest absolute Gasteiger partial charge is 0.244 e. The molecule has 0 bridgehead atoms. The van der Waals surface area contributed by atoms with E-state index in [1.807, 2.05) is 13.0 Å². The van der Waals surface area contributed by atoms with Crippen molar-refractivity contribution < 1.29 is 4.79 Å². The number of nitrogens with one attached hydrogen (secondary N) is 1. The molecule has 14 heavy (non-hydrogen) atoms. The van der Waals surface area contributed by atoms with Gasteiger partial charge in [-0.25, -0.2) is 5.84 Å². The highest BCUT2D eigenvalue weighted by Crippen LogP contribution is 2.48. The van der Waals surface area contributed by atoms with Crippen LogP contribution in [-0.2, 0) is 10.2 Å². The largest absolute Gasteiger partial charge is 0.293 e. The van der Waals surface area contributed by atoms with Gasteiger partial charge in [0.25, 0.3) is 0 Å². The zero-order valence-corrected chi connectivity index (χ0v) is 8.08. The number of carbonyl (C=O) groups excluding carboxylic acids is 1. The van der Waals surface area contributed by atoms with Gasteiger partial charge in [-0.2, -0.15) is 0 Å². The fourth-order valence-electron chi connectivity index (χ4n) is 1.73. The normalized spacial score (nSPS) is 17.6. The Bertz CT molecular complexity index is 371. The molecule has 2 rings (SSSR count). The zero-order chi connectivity index (χ0) is 10.2. The lowest BCUT2D eigenvalue weighted by atomic mass is 9.96. The number of hydrogen-bond donors (Lipinski definition) is 2. The van der Waals surface area contributed by atoms with Crippen molar-refractivity contribution in [1.82, 2.24) is 10.4 Å². The fraction of sp³-hybridized carbons (Fsp3) is 0.400. The van der Waals surface area contributed by atoms with Gasteiger partial charge in [0.15, 0.2) is 0 Å². The van der Waals surface area contributed by atoms with E-state index in [1.54, 1.807) is 12.4 Å². The van der Waals surface area contributed by atoms with E-state index >= 15 is 0 Å². The van der Waals surface area contributed by atoms with Crippen LogP contribution < -0.4 is 11.3 Å². The second kappa shape index (κ2) is 3.06. The second-order valence-electron chi connectivity index (χ2n) is 3.81. The van der Waals surface area contributed by atoms with E-state index in [4.69, 9.17) is 5.84 Å². The zero-order valence-electron chi connectivity index (χ0n) is 8.08. The van der Waals surface area contributed by atoms with Gasteiger partial charge < -0.3 is 0 Å². The number of hydrogen-bond acceptors (Lipinski definition) is 3. The maximum atomic E-state index is 11.5. The van der Waals surface area contributed by atoms with E-state index in [9.17, 15) is 4.79 Å². The van der Waals surface area contributed by atoms with Crippen molar-refractivity contribution in [3.8, 4) is 0 Å². The quantitative estimate of drug-likeness (QED) is 0.404. The van der Waals surface area contributed by atoms with E-state index in [0.717, 1.165) is 24.0 Å². The molecule has 74 valence electrons. The molecule has 1 fully saturated rings. The molecule has 0 spiro atoms. The summed E-state index contributed by atoms with van der Waals surface area (Å²) in [5.41, 5.74) is 3.86. The summed E-state index contributed by atoms with van der Waals surface area (Å²) in [4.78, 5) is 15.6. The van der Waals surface area contributed by atoms with Crippen LogP contribution in [0.1, 0.15) is 24.0 Å². The summed E-state index contributed by atoms with van der Waals surface area (Å²) < 4.78 is 0. The third kappa shape index (κ3) is 1.28. The number of amides is 1. The van der Waals surface area contributed by atoms with Gasteiger partial charge in [-0.05, 0) is 30.9 Å². The minimum atomic E-state index is -0.395. The summed E-state index contributed by atoms with van der Waals surface area (Å²) in [6.45, 7) is 1.97. The van der Waals surface area contributed by atoms with Crippen LogP contribution >= 0.6 is 0 Å². The Hall–Kier alpha value is -1.42. The standard InChI is InChI=1S/C10H13N3O/c1-7-4-8(6-12-5-7)10(2-3-10)9(14)13-11/h4-6H,2-3,11H2,1H3,(H,13,14). The molecule has 0 atom stereocenters. The molecule has 0 radical (unpaired) electrons. The number of aryl methyl sites for hydroxylation is 1. The third-order valence-electron chi connectivity index (χ3n) is 2.74. The molecule has 3 N–H and O–H groups in total. The Morgan fingerprint density at radius 1 is 1.57 bits per heavy atom. The number of nitrogens with two attached hydrogens (primary N) is 1. The van der Waals surface area contributed by atoms with Crippen molar-refractivity contribution >= 4 is 5.91 Å². The molecule has 0 aliphatic heterocycles. The summed E-state index contributed by atoms with van der Waals surface area (Å²) in [5.74, 6) is 5.05. The van der Waals surface area contributed by atoms with Gasteiger partial charge in [0.05, 0.1) is 5.41 Å². The van der Waals surface area contributed by atoms with Crippen molar-refractivity contribution in [2.24, 2.45) is 5.84 Å². The molecule has 0 unspecified atom stereocenters. The Balaban J connectivity index is 2.35. The van der Waals surface area contributed by atoms with Crippen LogP contribution in [-0.4, -0.2) is 10.9 Å². The van der Waals surface area contributed by atoms with Crippen LogP contribution in [0.5, 0.6) is 0 Å². The highest BCUT2D eigenvalue weighted by molar-refractivity contribution is 5.90. The van der Waals surface area contributed by atoms with E-state index < -0.39 is 5.41 Å². The van der Waals surface area contributed by atoms with E-state index in [0.29, 0.717) is 0 Å². The minimum Gasteiger partial charge on any atom is -0.293 e. The number of hydrazine groups is 1. The Morgan fingerprint density at radius 3 is 2.79 bits per heavy atom. The first-order chi connectivity index (χ1) is 6.69. The van der Waals surface area contributed by atoms with Gasteiger partial charge in [-0.3, -0.25) is 15.2 Å². The van der Waals surface area contributed by atoms with Gasteiger partial charge in [0, 0.05) is 12.4 Å². The monoisotopic (exact) mass is 191 g/mol. The lowest BCUT2D eigenvalue weighted by Crippen LogP contribution is -2.39. The maximum absolute atomic E-state index is 11.5. The summed E-state index contributed by atoms with van der Waals surface area (Å²) in [6, 6.07) is 2.00. The van der Waals surface area contributed by atoms with Crippen LogP contribution in [0, 0.1) is 6.92 Å². The summed E-state index contributed by atoms with van der Waals surface area (Å²) >= 11 is 0. The average molecular weight is 191 g/mol. The topological polar surface area (TPSA) is 68.0 Å². The first kappa shape index (κ1) is 9.15. The molecule has 1 amide bonds. The van der Waals surface area contributed by atoms with Crippen molar-refractivity contribution in [3.63, 3.8) is 0 Å². The van der Waals surface area contributed by atoms with Crippen LogP contribution in [0.2, 0.25) is 0 Å². The third-order valence-corrected chi connectivity index (χ3v) is 2.74. The SMILES string of the molecule is Cc1cncc(C2(C(=O)NN)CC2)c1. The van der Waals surface area contributed by atoms with Crippen molar-refractivity contribution in [2.45, 2.75) is 25.2 Å². The first-order valence-corrected chi connectivity index (χ1v) is 4.62. The number of carbonyl (C=O) groups is 1. The number of pyridine rings is 1. The van der Waals surface area contributed by atoms with Crippen molar-refractivity contribution in [2.75, 3.05) is 0 Å². The maximum Gasteiger partial charge on any atom is 0.244 e. The van der Waals surface area contributed by atoms with Crippen LogP contribution in [0.3, 0.4) is 0 Å². The minimum absolute atomic E-state index is 0.107. The molecular weight excluding hydrogens is 178 g/mol.